The van der Waals surface area contributed by atoms with Crippen LogP contribution in [0.5, 0.6) is 0 Å². The second-order valence-electron chi connectivity index (χ2n) is 1.79. The van der Waals surface area contributed by atoms with Crippen molar-refractivity contribution in [3.05, 3.63) is 34.7 Å². The van der Waals surface area contributed by atoms with E-state index in [9.17, 15) is 0 Å². The summed E-state index contributed by atoms with van der Waals surface area (Å²) in [5.41, 5.74) is 1.07. The highest BCUT2D eigenvalue weighted by molar-refractivity contribution is 6.17. The van der Waals surface area contributed by atoms with Gasteiger partial charge in [-0.1, -0.05) is 5.57 Å². The maximum atomic E-state index is 8.31. The van der Waals surface area contributed by atoms with Gasteiger partial charge in [-0.3, -0.25) is 0 Å². The Hall–Kier alpha value is -1.48. The van der Waals surface area contributed by atoms with E-state index in [4.69, 9.17) is 11.8 Å². The van der Waals surface area contributed by atoms with Crippen LogP contribution in [0, 0.1) is 17.9 Å². The zero-order chi connectivity index (χ0) is 7.98. The Labute approximate surface area is 61.7 Å². The summed E-state index contributed by atoms with van der Waals surface area (Å²) in [7, 11) is 1.87. The molecular weight excluding hydrogens is 123 g/mol. The summed E-state index contributed by atoms with van der Waals surface area (Å²) in [6.07, 6.45) is 1.56. The van der Waals surface area contributed by atoms with Gasteiger partial charge in [-0.15, -0.1) is 5.98 Å². The van der Waals surface area contributed by atoms with Crippen LogP contribution in [0.3, 0.4) is 0 Å². The van der Waals surface area contributed by atoms with Crippen molar-refractivity contribution in [2.75, 3.05) is 0 Å². The Balaban J connectivity index is 4.49. The zero-order valence-electron chi connectivity index (χ0n) is 6.05. The lowest BCUT2D eigenvalue weighted by atomic mass is 10.1. The van der Waals surface area contributed by atoms with Crippen molar-refractivity contribution in [2.45, 2.75) is 6.92 Å². The molecule has 0 aliphatic carbocycles. The van der Waals surface area contributed by atoms with E-state index in [1.54, 1.807) is 12.1 Å². The summed E-state index contributed by atoms with van der Waals surface area (Å²) >= 11 is 0. The maximum absolute atomic E-state index is 8.31. The summed E-state index contributed by atoms with van der Waals surface area (Å²) in [6, 6.07) is 1.78. The van der Waals surface area contributed by atoms with Crippen LogP contribution in [0.1, 0.15) is 6.92 Å². The Morgan fingerprint density at radius 3 is 2.70 bits per heavy atom. The molecule has 3 heteroatoms. The molecule has 0 aromatic rings. The van der Waals surface area contributed by atoms with Gasteiger partial charge >= 0.3 is 0 Å². The molecule has 0 heterocycles. The smallest absolute Gasteiger partial charge is 0.227 e. The molecule has 0 spiro atoms. The van der Waals surface area contributed by atoms with Crippen LogP contribution in [0.4, 0.5) is 0 Å². The van der Waals surface area contributed by atoms with E-state index in [1.165, 1.54) is 0 Å². The molecule has 48 valence electrons. The van der Waals surface area contributed by atoms with Crippen molar-refractivity contribution >= 4 is 7.85 Å². The Morgan fingerprint density at radius 1 is 1.80 bits per heavy atom. The number of nitriles is 1. The summed E-state index contributed by atoms with van der Waals surface area (Å²) in [4.78, 5) is 3.00. The molecule has 2 nitrogen and oxygen atoms in total. The van der Waals surface area contributed by atoms with Crippen molar-refractivity contribution in [3.8, 4) is 6.07 Å². The first-order valence-corrected chi connectivity index (χ1v) is 2.86. The molecule has 0 amide bonds. The number of hydrogen-bond acceptors (Lipinski definition) is 1. The van der Waals surface area contributed by atoms with Crippen LogP contribution in [-0.4, -0.2) is 7.85 Å². The third-order valence-corrected chi connectivity index (χ3v) is 1.05. The van der Waals surface area contributed by atoms with Crippen molar-refractivity contribution in [3.63, 3.8) is 0 Å². The largest absolute Gasteiger partial charge is 0.262 e. The maximum Gasteiger partial charge on any atom is 0.262 e. The van der Waals surface area contributed by atoms with E-state index < -0.39 is 0 Å². The normalized spacial score (nSPS) is 11.9. The van der Waals surface area contributed by atoms with Gasteiger partial charge in [-0.25, -0.2) is 10.1 Å². The van der Waals surface area contributed by atoms with Crippen molar-refractivity contribution in [1.29, 1.82) is 5.26 Å². The second kappa shape index (κ2) is 4.41. The minimum atomic E-state index is 0.135. The first-order valence-electron chi connectivity index (χ1n) is 2.86. The third-order valence-electron chi connectivity index (χ3n) is 1.05. The first-order chi connectivity index (χ1) is 4.74. The molecule has 0 bridgehead atoms. The van der Waals surface area contributed by atoms with Gasteiger partial charge in [-0.05, 0) is 13.0 Å². The molecule has 10 heavy (non-hydrogen) atoms. The van der Waals surface area contributed by atoms with Gasteiger partial charge < -0.3 is 0 Å². The van der Waals surface area contributed by atoms with Gasteiger partial charge in [0.2, 0.25) is 0 Å². The van der Waals surface area contributed by atoms with Gasteiger partial charge in [0.05, 0.1) is 12.6 Å². The average Bonchev–Trinajstić information content (AvgIpc) is 1.99. The molecular formula is C7H7BN2. The van der Waals surface area contributed by atoms with E-state index >= 15 is 0 Å². The first kappa shape index (κ1) is 8.52. The monoisotopic (exact) mass is 130 g/mol. The predicted octanol–water partition coefficient (Wildman–Crippen LogP) is 0.850. The second-order valence-corrected chi connectivity index (χ2v) is 1.79. The Bertz CT molecular complexity index is 234. The van der Waals surface area contributed by atoms with Crippen LogP contribution in [0.15, 0.2) is 23.3 Å². The standard InChI is InChI=1S/C7H7BN2/c1-6(4-8)3-7(5-9)10-2/h3-4H,8H2,1H3/b6-4+,7-3-. The predicted molar refractivity (Wildman–Crippen MR) is 42.6 cm³/mol. The fourth-order valence-electron chi connectivity index (χ4n) is 0.389. The molecule has 0 aliphatic heterocycles. The van der Waals surface area contributed by atoms with Gasteiger partial charge in [0.1, 0.15) is 7.85 Å². The molecule has 0 aliphatic rings. The lowest BCUT2D eigenvalue weighted by molar-refractivity contribution is 1.46. The van der Waals surface area contributed by atoms with Crippen LogP contribution in [0.25, 0.3) is 4.85 Å². The molecule has 0 atom stereocenters. The SMILES string of the molecule is B/C=C(C)/C=C(/C#N)[N+]#[C-]. The van der Waals surface area contributed by atoms with Crippen LogP contribution >= 0.6 is 0 Å². The van der Waals surface area contributed by atoms with E-state index in [1.807, 2.05) is 20.7 Å². The topological polar surface area (TPSA) is 28.1 Å². The minimum Gasteiger partial charge on any atom is -0.227 e. The molecule has 0 unspecified atom stereocenters. The molecule has 0 rings (SSSR count). The zero-order valence-corrected chi connectivity index (χ0v) is 6.05. The van der Waals surface area contributed by atoms with Gasteiger partial charge in [0.25, 0.3) is 5.70 Å². The molecule has 0 radical (unpaired) electrons. The molecule has 0 aromatic carbocycles. The molecule has 0 aromatic heterocycles. The fourth-order valence-corrected chi connectivity index (χ4v) is 0.389. The highest BCUT2D eigenvalue weighted by Crippen LogP contribution is 2.00. The summed E-state index contributed by atoms with van der Waals surface area (Å²) in [5, 5.41) is 8.31. The number of hydrogen-bond donors (Lipinski definition) is 0. The summed E-state index contributed by atoms with van der Waals surface area (Å²) in [6.45, 7) is 8.39. The number of allylic oxidation sites excluding steroid dienone is 3. The lowest BCUT2D eigenvalue weighted by Gasteiger charge is -1.85. The Kier molecular flexibility index (Phi) is 3.76. The molecule has 0 N–H and O–H groups in total. The third kappa shape index (κ3) is 2.74. The lowest BCUT2D eigenvalue weighted by Crippen LogP contribution is -1.72. The molecule has 0 saturated carbocycles. The van der Waals surface area contributed by atoms with E-state index in [0.717, 1.165) is 5.57 Å². The van der Waals surface area contributed by atoms with Gasteiger partial charge in [0.15, 0.2) is 0 Å². The quantitative estimate of drug-likeness (QED) is 0.224. The fraction of sp³-hybridized carbons (Fsp3) is 0.143. The summed E-state index contributed by atoms with van der Waals surface area (Å²) in [5.74, 6) is 1.85. The Morgan fingerprint density at radius 2 is 2.40 bits per heavy atom. The summed E-state index contributed by atoms with van der Waals surface area (Å²) < 4.78 is 0. The molecule has 0 saturated heterocycles. The number of nitrogens with zero attached hydrogens (tertiary/aromatic N) is 2. The van der Waals surface area contributed by atoms with Crippen LogP contribution < -0.4 is 0 Å². The minimum absolute atomic E-state index is 0.135. The van der Waals surface area contributed by atoms with E-state index in [-0.39, 0.29) is 5.70 Å². The molecule has 0 fully saturated rings. The van der Waals surface area contributed by atoms with Gasteiger partial charge in [-0.2, -0.15) is 0 Å². The van der Waals surface area contributed by atoms with Crippen molar-refractivity contribution < 1.29 is 0 Å². The van der Waals surface area contributed by atoms with E-state index in [0.29, 0.717) is 0 Å². The number of rotatable bonds is 1. The van der Waals surface area contributed by atoms with E-state index in [2.05, 4.69) is 4.85 Å². The van der Waals surface area contributed by atoms with Crippen molar-refractivity contribution in [1.82, 2.24) is 0 Å². The highest BCUT2D eigenvalue weighted by Gasteiger charge is 1.89. The highest BCUT2D eigenvalue weighted by atomic mass is 14.7. The van der Waals surface area contributed by atoms with Crippen LogP contribution in [0.2, 0.25) is 0 Å². The average molecular weight is 130 g/mol. The van der Waals surface area contributed by atoms with Gasteiger partial charge in [0, 0.05) is 0 Å². The van der Waals surface area contributed by atoms with Crippen LogP contribution in [-0.2, 0) is 0 Å². The van der Waals surface area contributed by atoms with Crippen molar-refractivity contribution in [2.24, 2.45) is 0 Å².